The second-order valence-electron chi connectivity index (χ2n) is 5.73. The molecule has 0 bridgehead atoms. The molecule has 0 saturated heterocycles. The van der Waals surface area contributed by atoms with Crippen molar-refractivity contribution < 1.29 is 4.39 Å². The molecule has 0 atom stereocenters. The highest BCUT2D eigenvalue weighted by atomic mass is 19.1. The average molecular weight is 286 g/mol. The topological polar surface area (TPSA) is 15.3 Å². The van der Waals surface area contributed by atoms with E-state index >= 15 is 0 Å². The van der Waals surface area contributed by atoms with Gasteiger partial charge in [-0.1, -0.05) is 32.0 Å². The van der Waals surface area contributed by atoms with Gasteiger partial charge in [-0.15, -0.1) is 0 Å². The zero-order valence-electron chi connectivity index (χ0n) is 12.9. The van der Waals surface area contributed by atoms with E-state index in [1.807, 2.05) is 18.0 Å². The quantitative estimate of drug-likeness (QED) is 0.850. The first kappa shape index (κ1) is 15.5. The van der Waals surface area contributed by atoms with Gasteiger partial charge in [-0.25, -0.2) is 4.39 Å². The first-order valence-electron chi connectivity index (χ1n) is 7.35. The average Bonchev–Trinajstić information content (AvgIpc) is 2.47. The second kappa shape index (κ2) is 7.23. The summed E-state index contributed by atoms with van der Waals surface area (Å²) in [4.78, 5) is 1.98. The highest BCUT2D eigenvalue weighted by Crippen LogP contribution is 2.24. The van der Waals surface area contributed by atoms with Crippen molar-refractivity contribution in [3.63, 3.8) is 0 Å². The van der Waals surface area contributed by atoms with Gasteiger partial charge < -0.3 is 10.2 Å². The molecule has 2 rings (SSSR count). The minimum absolute atomic E-state index is 0.214. The van der Waals surface area contributed by atoms with E-state index in [4.69, 9.17) is 0 Å². The molecule has 0 unspecified atom stereocenters. The maximum Gasteiger partial charge on any atom is 0.125 e. The van der Waals surface area contributed by atoms with Gasteiger partial charge in [0.05, 0.1) is 0 Å². The van der Waals surface area contributed by atoms with E-state index < -0.39 is 0 Å². The van der Waals surface area contributed by atoms with Crippen LogP contribution in [0, 0.1) is 11.7 Å². The summed E-state index contributed by atoms with van der Waals surface area (Å²) in [5.41, 5.74) is 3.15. The Morgan fingerprint density at radius 1 is 1.05 bits per heavy atom. The molecule has 2 aromatic rings. The van der Waals surface area contributed by atoms with Crippen LogP contribution in [0.1, 0.15) is 19.4 Å². The highest BCUT2D eigenvalue weighted by molar-refractivity contribution is 5.62. The number of rotatable bonds is 6. The standard InChI is InChI=1S/C18H23FN2/c1-14(2)12-20-13-15-7-9-17(10-8-15)21(3)18-6-4-5-16(19)11-18/h4-11,14,20H,12-13H2,1-3H3. The van der Waals surface area contributed by atoms with Crippen molar-refractivity contribution in [1.29, 1.82) is 0 Å². The van der Waals surface area contributed by atoms with Crippen LogP contribution in [0.25, 0.3) is 0 Å². The Morgan fingerprint density at radius 3 is 2.38 bits per heavy atom. The number of nitrogens with zero attached hydrogens (tertiary/aromatic N) is 1. The molecular weight excluding hydrogens is 263 g/mol. The van der Waals surface area contributed by atoms with Crippen molar-refractivity contribution in [2.45, 2.75) is 20.4 Å². The van der Waals surface area contributed by atoms with Gasteiger partial charge in [-0.05, 0) is 48.4 Å². The first-order valence-corrected chi connectivity index (χ1v) is 7.35. The third-order valence-corrected chi connectivity index (χ3v) is 3.40. The van der Waals surface area contributed by atoms with E-state index in [1.54, 1.807) is 6.07 Å². The summed E-state index contributed by atoms with van der Waals surface area (Å²) < 4.78 is 13.3. The van der Waals surface area contributed by atoms with E-state index in [9.17, 15) is 4.39 Å². The molecule has 0 radical (unpaired) electrons. The van der Waals surface area contributed by atoms with Crippen molar-refractivity contribution in [2.75, 3.05) is 18.5 Å². The lowest BCUT2D eigenvalue weighted by Gasteiger charge is -2.20. The summed E-state index contributed by atoms with van der Waals surface area (Å²) in [5, 5.41) is 3.43. The van der Waals surface area contributed by atoms with Crippen molar-refractivity contribution in [2.24, 2.45) is 5.92 Å². The summed E-state index contributed by atoms with van der Waals surface area (Å²) in [7, 11) is 1.95. The smallest absolute Gasteiger partial charge is 0.125 e. The molecule has 0 fully saturated rings. The Hall–Kier alpha value is -1.87. The molecule has 0 heterocycles. The van der Waals surface area contributed by atoms with Crippen LogP contribution in [0.15, 0.2) is 48.5 Å². The lowest BCUT2D eigenvalue weighted by molar-refractivity contribution is 0.552. The van der Waals surface area contributed by atoms with Crippen molar-refractivity contribution in [3.05, 3.63) is 59.9 Å². The molecule has 2 aromatic carbocycles. The van der Waals surface area contributed by atoms with Crippen LogP contribution in [0.3, 0.4) is 0 Å². The summed E-state index contributed by atoms with van der Waals surface area (Å²) >= 11 is 0. The van der Waals surface area contributed by atoms with Crippen LogP contribution in [-0.4, -0.2) is 13.6 Å². The van der Waals surface area contributed by atoms with Crippen molar-refractivity contribution in [1.82, 2.24) is 5.32 Å². The maximum absolute atomic E-state index is 13.3. The van der Waals surface area contributed by atoms with Gasteiger partial charge >= 0.3 is 0 Å². The molecule has 0 saturated carbocycles. The fourth-order valence-electron chi connectivity index (χ4n) is 2.18. The summed E-state index contributed by atoms with van der Waals surface area (Å²) in [5.74, 6) is 0.442. The monoisotopic (exact) mass is 286 g/mol. The predicted molar refractivity (Wildman–Crippen MR) is 87.4 cm³/mol. The summed E-state index contributed by atoms with van der Waals surface area (Å²) in [6.45, 7) is 6.29. The van der Waals surface area contributed by atoms with Gasteiger partial charge in [-0.3, -0.25) is 0 Å². The van der Waals surface area contributed by atoms with Gasteiger partial charge in [0.2, 0.25) is 0 Å². The Labute approximate surface area is 126 Å². The van der Waals surface area contributed by atoms with Crippen LogP contribution in [-0.2, 0) is 6.54 Å². The molecule has 21 heavy (non-hydrogen) atoms. The zero-order chi connectivity index (χ0) is 15.2. The molecule has 3 heteroatoms. The maximum atomic E-state index is 13.3. The molecule has 0 aliphatic carbocycles. The van der Waals surface area contributed by atoms with Crippen molar-refractivity contribution >= 4 is 11.4 Å². The van der Waals surface area contributed by atoms with E-state index in [1.165, 1.54) is 17.7 Å². The second-order valence-corrected chi connectivity index (χ2v) is 5.73. The minimum Gasteiger partial charge on any atom is -0.345 e. The third kappa shape index (κ3) is 4.57. The number of hydrogen-bond acceptors (Lipinski definition) is 2. The summed E-state index contributed by atoms with van der Waals surface area (Å²) in [6.07, 6.45) is 0. The first-order chi connectivity index (χ1) is 10.1. The van der Waals surface area contributed by atoms with Gasteiger partial charge in [0.25, 0.3) is 0 Å². The van der Waals surface area contributed by atoms with Crippen molar-refractivity contribution in [3.8, 4) is 0 Å². The van der Waals surface area contributed by atoms with E-state index in [0.717, 1.165) is 24.5 Å². The van der Waals surface area contributed by atoms with Gasteiger partial charge in [0.15, 0.2) is 0 Å². The zero-order valence-corrected chi connectivity index (χ0v) is 12.9. The largest absolute Gasteiger partial charge is 0.345 e. The molecular formula is C18H23FN2. The molecule has 1 N–H and O–H groups in total. The molecule has 112 valence electrons. The SMILES string of the molecule is CC(C)CNCc1ccc(N(C)c2cccc(F)c2)cc1. The van der Waals surface area contributed by atoms with E-state index in [-0.39, 0.29) is 5.82 Å². The molecule has 0 amide bonds. The molecule has 0 aliphatic rings. The lowest BCUT2D eigenvalue weighted by atomic mass is 10.1. The minimum atomic E-state index is -0.214. The lowest BCUT2D eigenvalue weighted by Crippen LogP contribution is -2.19. The van der Waals surface area contributed by atoms with Gasteiger partial charge in [-0.2, -0.15) is 0 Å². The third-order valence-electron chi connectivity index (χ3n) is 3.40. The van der Waals surface area contributed by atoms with Gasteiger partial charge in [0.1, 0.15) is 5.82 Å². The Bertz CT molecular complexity index is 564. The number of halogens is 1. The molecule has 2 nitrogen and oxygen atoms in total. The normalized spacial score (nSPS) is 10.9. The Kier molecular flexibility index (Phi) is 5.34. The predicted octanol–water partition coefficient (Wildman–Crippen LogP) is 4.34. The number of hydrogen-bond donors (Lipinski definition) is 1. The number of benzene rings is 2. The number of anilines is 2. The van der Waals surface area contributed by atoms with Crippen LogP contribution < -0.4 is 10.2 Å². The Balaban J connectivity index is 2.01. The molecule has 0 aliphatic heterocycles. The highest BCUT2D eigenvalue weighted by Gasteiger charge is 2.05. The van der Waals surface area contributed by atoms with Crippen LogP contribution in [0.4, 0.5) is 15.8 Å². The van der Waals surface area contributed by atoms with Crippen LogP contribution in [0.5, 0.6) is 0 Å². The summed E-state index contributed by atoms with van der Waals surface area (Å²) in [6, 6.07) is 15.0. The van der Waals surface area contributed by atoms with Crippen LogP contribution >= 0.6 is 0 Å². The van der Waals surface area contributed by atoms with E-state index in [2.05, 4.69) is 43.4 Å². The fraction of sp³-hybridized carbons (Fsp3) is 0.333. The van der Waals surface area contributed by atoms with Gasteiger partial charge in [0, 0.05) is 25.0 Å². The fourth-order valence-corrected chi connectivity index (χ4v) is 2.18. The Morgan fingerprint density at radius 2 is 1.76 bits per heavy atom. The van der Waals surface area contributed by atoms with Crippen LogP contribution in [0.2, 0.25) is 0 Å². The molecule has 0 aromatic heterocycles. The molecule has 0 spiro atoms. The number of nitrogens with one attached hydrogen (secondary N) is 1. The van der Waals surface area contributed by atoms with E-state index in [0.29, 0.717) is 5.92 Å².